The Labute approximate surface area is 113 Å². The molecule has 0 aliphatic rings. The van der Waals surface area contributed by atoms with Gasteiger partial charge in [-0.15, -0.1) is 23.7 Å². The van der Waals surface area contributed by atoms with Crippen molar-refractivity contribution >= 4 is 33.8 Å². The summed E-state index contributed by atoms with van der Waals surface area (Å²) in [5.41, 5.74) is 4.90. The fourth-order valence-electron chi connectivity index (χ4n) is 1.20. The van der Waals surface area contributed by atoms with E-state index in [4.69, 9.17) is 5.73 Å². The molecule has 0 bridgehead atoms. The topological polar surface area (TPSA) is 72.2 Å². The van der Waals surface area contributed by atoms with Gasteiger partial charge in [0, 0.05) is 17.0 Å². The van der Waals surface area contributed by atoms with Crippen LogP contribution in [-0.4, -0.2) is 26.3 Å². The molecule has 0 radical (unpaired) electrons. The number of nitrogens with one attached hydrogen (secondary N) is 1. The molecule has 4 nitrogen and oxygen atoms in total. The quantitative estimate of drug-likeness (QED) is 0.833. The molecule has 0 amide bonds. The zero-order valence-corrected chi connectivity index (χ0v) is 12.4. The van der Waals surface area contributed by atoms with Crippen molar-refractivity contribution in [2.45, 2.75) is 25.8 Å². The lowest BCUT2D eigenvalue weighted by Crippen LogP contribution is -2.49. The van der Waals surface area contributed by atoms with E-state index in [2.05, 4.69) is 4.72 Å². The van der Waals surface area contributed by atoms with Gasteiger partial charge in [0.05, 0.1) is 5.75 Å². The summed E-state index contributed by atoms with van der Waals surface area (Å²) in [6.45, 7) is 3.83. The highest BCUT2D eigenvalue weighted by Crippen LogP contribution is 2.11. The maximum Gasteiger partial charge on any atom is 0.212 e. The highest BCUT2D eigenvalue weighted by atomic mass is 35.5. The molecule has 1 heterocycles. The number of hydrogen-bond acceptors (Lipinski definition) is 4. The molecule has 1 aromatic heterocycles. The van der Waals surface area contributed by atoms with E-state index in [0.29, 0.717) is 6.42 Å². The van der Waals surface area contributed by atoms with Crippen molar-refractivity contribution in [1.82, 2.24) is 4.72 Å². The third kappa shape index (κ3) is 6.38. The Balaban J connectivity index is 0.00000256. The Kier molecular flexibility index (Phi) is 6.65. The normalized spacial score (nSPS) is 12.2. The number of aryl methyl sites for hydroxylation is 1. The molecule has 1 aromatic rings. The van der Waals surface area contributed by atoms with Crippen molar-refractivity contribution in [3.8, 4) is 0 Å². The summed E-state index contributed by atoms with van der Waals surface area (Å²) >= 11 is 1.57. The van der Waals surface area contributed by atoms with Crippen LogP contribution >= 0.6 is 23.7 Å². The maximum atomic E-state index is 11.7. The number of rotatable bonds is 6. The molecule has 0 atom stereocenters. The summed E-state index contributed by atoms with van der Waals surface area (Å²) in [7, 11) is -3.25. The standard InChI is InChI=1S/C10H18N2O2S2.ClH/c1-10(2,8-11)12-16(13,14)7-5-9-4-3-6-15-9;/h3-4,6,12H,5,7-8,11H2,1-2H3;1H. The lowest BCUT2D eigenvalue weighted by atomic mass is 10.1. The highest BCUT2D eigenvalue weighted by molar-refractivity contribution is 7.89. The van der Waals surface area contributed by atoms with Crippen molar-refractivity contribution in [2.24, 2.45) is 5.73 Å². The third-order valence-corrected chi connectivity index (χ3v) is 4.68. The van der Waals surface area contributed by atoms with Crippen molar-refractivity contribution in [2.75, 3.05) is 12.3 Å². The van der Waals surface area contributed by atoms with E-state index in [1.165, 1.54) is 0 Å². The third-order valence-electron chi connectivity index (χ3n) is 2.14. The van der Waals surface area contributed by atoms with Crippen molar-refractivity contribution < 1.29 is 8.42 Å². The number of halogens is 1. The van der Waals surface area contributed by atoms with Crippen molar-refractivity contribution in [3.63, 3.8) is 0 Å². The maximum absolute atomic E-state index is 11.7. The molecule has 17 heavy (non-hydrogen) atoms. The largest absolute Gasteiger partial charge is 0.329 e. The minimum atomic E-state index is -3.25. The van der Waals surface area contributed by atoms with E-state index in [1.54, 1.807) is 25.2 Å². The number of hydrogen-bond donors (Lipinski definition) is 2. The van der Waals surface area contributed by atoms with Crippen LogP contribution in [0.2, 0.25) is 0 Å². The van der Waals surface area contributed by atoms with Gasteiger partial charge < -0.3 is 5.73 Å². The first-order valence-corrected chi connectivity index (χ1v) is 7.62. The fourth-order valence-corrected chi connectivity index (χ4v) is 3.56. The molecule has 0 fully saturated rings. The molecule has 0 aromatic carbocycles. The first-order valence-electron chi connectivity index (χ1n) is 5.09. The van der Waals surface area contributed by atoms with Crippen LogP contribution < -0.4 is 10.5 Å². The Morgan fingerprint density at radius 1 is 1.47 bits per heavy atom. The lowest BCUT2D eigenvalue weighted by Gasteiger charge is -2.23. The van der Waals surface area contributed by atoms with Crippen LogP contribution in [0.3, 0.4) is 0 Å². The second-order valence-electron chi connectivity index (χ2n) is 4.34. The second kappa shape index (κ2) is 6.70. The minimum Gasteiger partial charge on any atom is -0.329 e. The average molecular weight is 299 g/mol. The van der Waals surface area contributed by atoms with Gasteiger partial charge in [-0.3, -0.25) is 0 Å². The van der Waals surface area contributed by atoms with E-state index >= 15 is 0 Å². The number of thiophene rings is 1. The Hall–Kier alpha value is -0.140. The molecular formula is C10H19ClN2O2S2. The molecule has 1 rings (SSSR count). The fraction of sp³-hybridized carbons (Fsp3) is 0.600. The molecule has 3 N–H and O–H groups in total. The van der Waals surface area contributed by atoms with Gasteiger partial charge in [0.2, 0.25) is 10.0 Å². The van der Waals surface area contributed by atoms with Crippen LogP contribution in [-0.2, 0) is 16.4 Å². The minimum absolute atomic E-state index is 0. The summed E-state index contributed by atoms with van der Waals surface area (Å²) in [5, 5.41) is 1.94. The highest BCUT2D eigenvalue weighted by Gasteiger charge is 2.22. The van der Waals surface area contributed by atoms with Crippen LogP contribution in [0.1, 0.15) is 18.7 Å². The number of sulfonamides is 1. The Morgan fingerprint density at radius 2 is 2.12 bits per heavy atom. The van der Waals surface area contributed by atoms with Crippen molar-refractivity contribution in [1.29, 1.82) is 0 Å². The monoisotopic (exact) mass is 298 g/mol. The zero-order valence-electron chi connectivity index (χ0n) is 9.97. The van der Waals surface area contributed by atoms with E-state index in [0.717, 1.165) is 4.88 Å². The molecule has 100 valence electrons. The predicted octanol–water partition coefficient (Wildman–Crippen LogP) is 1.37. The zero-order chi connectivity index (χ0) is 12.2. The van der Waals surface area contributed by atoms with Crippen molar-refractivity contribution in [3.05, 3.63) is 22.4 Å². The van der Waals surface area contributed by atoms with Gasteiger partial charge in [-0.25, -0.2) is 13.1 Å². The first kappa shape index (κ1) is 16.9. The molecule has 0 saturated heterocycles. The van der Waals surface area contributed by atoms with Gasteiger partial charge in [-0.2, -0.15) is 0 Å². The molecule has 0 unspecified atom stereocenters. The predicted molar refractivity (Wildman–Crippen MR) is 75.3 cm³/mol. The SMILES string of the molecule is CC(C)(CN)NS(=O)(=O)CCc1cccs1.Cl. The summed E-state index contributed by atoms with van der Waals surface area (Å²) in [6.07, 6.45) is 0.549. The van der Waals surface area contributed by atoms with E-state index in [-0.39, 0.29) is 24.7 Å². The van der Waals surface area contributed by atoms with E-state index < -0.39 is 15.6 Å². The molecule has 0 spiro atoms. The Bertz CT molecular complexity index is 416. The molecular weight excluding hydrogens is 280 g/mol. The first-order chi connectivity index (χ1) is 7.35. The Morgan fingerprint density at radius 3 is 2.59 bits per heavy atom. The van der Waals surface area contributed by atoms with Gasteiger partial charge in [-0.1, -0.05) is 6.07 Å². The van der Waals surface area contributed by atoms with E-state index in [9.17, 15) is 8.42 Å². The summed E-state index contributed by atoms with van der Waals surface area (Å²) in [6, 6.07) is 3.86. The summed E-state index contributed by atoms with van der Waals surface area (Å²) < 4.78 is 26.1. The van der Waals surface area contributed by atoms with Gasteiger partial charge >= 0.3 is 0 Å². The van der Waals surface area contributed by atoms with Gasteiger partial charge in [0.1, 0.15) is 0 Å². The molecule has 0 saturated carbocycles. The number of nitrogens with two attached hydrogens (primary N) is 1. The summed E-state index contributed by atoms with van der Waals surface area (Å²) in [5.74, 6) is 0.108. The second-order valence-corrected chi connectivity index (χ2v) is 7.21. The van der Waals surface area contributed by atoms with Crippen LogP contribution in [0, 0.1) is 0 Å². The average Bonchev–Trinajstić information content (AvgIpc) is 2.66. The van der Waals surface area contributed by atoms with Crippen LogP contribution in [0.25, 0.3) is 0 Å². The van der Waals surface area contributed by atoms with Crippen LogP contribution in [0.4, 0.5) is 0 Å². The van der Waals surface area contributed by atoms with Crippen LogP contribution in [0.15, 0.2) is 17.5 Å². The molecule has 0 aliphatic carbocycles. The van der Waals surface area contributed by atoms with Gasteiger partial charge in [0.25, 0.3) is 0 Å². The molecule has 0 aliphatic heterocycles. The van der Waals surface area contributed by atoms with Crippen LogP contribution in [0.5, 0.6) is 0 Å². The lowest BCUT2D eigenvalue weighted by molar-refractivity contribution is 0.462. The van der Waals surface area contributed by atoms with E-state index in [1.807, 2.05) is 17.5 Å². The summed E-state index contributed by atoms with van der Waals surface area (Å²) in [4.78, 5) is 1.08. The van der Waals surface area contributed by atoms with Gasteiger partial charge in [0.15, 0.2) is 0 Å². The van der Waals surface area contributed by atoms with Gasteiger partial charge in [-0.05, 0) is 31.7 Å². The smallest absolute Gasteiger partial charge is 0.212 e. The molecule has 7 heteroatoms.